The number of hydrogen-bond acceptors (Lipinski definition) is 5. The third-order valence-corrected chi connectivity index (χ3v) is 11.5. The van der Waals surface area contributed by atoms with Crippen molar-refractivity contribution in [3.8, 4) is 0 Å². The van der Waals surface area contributed by atoms with E-state index in [1.807, 2.05) is 0 Å². The van der Waals surface area contributed by atoms with Gasteiger partial charge in [0.2, 0.25) is 0 Å². The van der Waals surface area contributed by atoms with Gasteiger partial charge in [0.05, 0.1) is 25.0 Å². The fourth-order valence-corrected chi connectivity index (χ4v) is 7.68. The van der Waals surface area contributed by atoms with Crippen molar-refractivity contribution < 1.29 is 19.1 Å². The number of ether oxygens (including phenoxy) is 2. The van der Waals surface area contributed by atoms with E-state index in [0.29, 0.717) is 13.2 Å². The average Bonchev–Trinajstić information content (AvgIpc) is 3.16. The summed E-state index contributed by atoms with van der Waals surface area (Å²) in [6, 6.07) is 0. The maximum Gasteiger partial charge on any atom is 0.308 e. The highest BCUT2D eigenvalue weighted by Crippen LogP contribution is 2.22. The van der Waals surface area contributed by atoms with Crippen LogP contribution in [0.4, 0.5) is 0 Å². The van der Waals surface area contributed by atoms with E-state index < -0.39 is 0 Å². The van der Waals surface area contributed by atoms with Crippen LogP contribution in [0.25, 0.3) is 0 Å². The summed E-state index contributed by atoms with van der Waals surface area (Å²) in [5.41, 5.74) is 0. The van der Waals surface area contributed by atoms with Crippen molar-refractivity contribution >= 4 is 11.9 Å². The van der Waals surface area contributed by atoms with Crippen molar-refractivity contribution in [3.05, 3.63) is 0 Å². The summed E-state index contributed by atoms with van der Waals surface area (Å²) < 4.78 is 11.7. The van der Waals surface area contributed by atoms with E-state index in [-0.39, 0.29) is 23.8 Å². The highest BCUT2D eigenvalue weighted by Gasteiger charge is 2.20. The molecule has 53 heavy (non-hydrogen) atoms. The molecule has 2 unspecified atom stereocenters. The smallest absolute Gasteiger partial charge is 0.308 e. The normalized spacial score (nSPS) is 12.7. The molecule has 0 radical (unpaired) electrons. The largest absolute Gasteiger partial charge is 0.465 e. The molecular weight excluding hydrogens is 655 g/mol. The Balaban J connectivity index is 4.15. The van der Waals surface area contributed by atoms with Crippen LogP contribution in [0, 0.1) is 11.8 Å². The van der Waals surface area contributed by atoms with Crippen molar-refractivity contribution in [2.24, 2.45) is 11.8 Å². The Bertz CT molecular complexity index is 698. The lowest BCUT2D eigenvalue weighted by atomic mass is 9.94. The maximum absolute atomic E-state index is 13.0. The summed E-state index contributed by atoms with van der Waals surface area (Å²) in [6.45, 7) is 15.9. The number of rotatable bonds is 43. The molecule has 0 aromatic heterocycles. The monoisotopic (exact) mass is 750 g/mol. The maximum atomic E-state index is 13.0. The number of unbranched alkanes of at least 4 members (excludes halogenated alkanes) is 24. The molecule has 0 amide bonds. The van der Waals surface area contributed by atoms with Crippen molar-refractivity contribution in [3.63, 3.8) is 0 Å². The highest BCUT2D eigenvalue weighted by atomic mass is 16.5. The van der Waals surface area contributed by atoms with Crippen LogP contribution in [0.2, 0.25) is 0 Å². The summed E-state index contributed by atoms with van der Waals surface area (Å²) in [5.74, 6) is 0.367. The van der Waals surface area contributed by atoms with Gasteiger partial charge in [0.25, 0.3) is 0 Å². The van der Waals surface area contributed by atoms with Crippen LogP contribution >= 0.6 is 0 Å². The predicted octanol–water partition coefficient (Wildman–Crippen LogP) is 15.0. The number of carbonyl (C=O) groups is 2. The number of hydrogen-bond donors (Lipinski definition) is 0. The number of nitrogens with zero attached hydrogens (tertiary/aromatic N) is 1. The lowest BCUT2D eigenvalue weighted by Gasteiger charge is -2.20. The molecule has 0 aliphatic carbocycles. The molecule has 5 heteroatoms. The summed E-state index contributed by atoms with van der Waals surface area (Å²) >= 11 is 0. The van der Waals surface area contributed by atoms with Crippen molar-refractivity contribution in [2.45, 2.75) is 253 Å². The van der Waals surface area contributed by atoms with Gasteiger partial charge in [0.1, 0.15) is 0 Å². The molecule has 0 bridgehead atoms. The van der Waals surface area contributed by atoms with Crippen LogP contribution in [0.3, 0.4) is 0 Å². The van der Waals surface area contributed by atoms with Gasteiger partial charge in [-0.3, -0.25) is 9.59 Å². The molecule has 0 saturated heterocycles. The minimum absolute atomic E-state index is 0.0743. The first kappa shape index (κ1) is 51.9. The van der Waals surface area contributed by atoms with E-state index >= 15 is 0 Å². The molecule has 2 atom stereocenters. The molecule has 5 nitrogen and oxygen atoms in total. The predicted molar refractivity (Wildman–Crippen MR) is 231 cm³/mol. The second-order valence-electron chi connectivity index (χ2n) is 16.5. The Morgan fingerprint density at radius 3 is 0.925 bits per heavy atom. The second-order valence-corrected chi connectivity index (χ2v) is 16.5. The second kappa shape index (κ2) is 42.1. The zero-order chi connectivity index (χ0) is 38.9. The zero-order valence-electron chi connectivity index (χ0n) is 36.8. The first-order valence-corrected chi connectivity index (χ1v) is 24.1. The Morgan fingerprint density at radius 2 is 0.623 bits per heavy atom. The Kier molecular flexibility index (Phi) is 41.2. The molecule has 0 aromatic carbocycles. The zero-order valence-corrected chi connectivity index (χ0v) is 36.8. The van der Waals surface area contributed by atoms with Crippen LogP contribution in [-0.4, -0.2) is 49.7 Å². The van der Waals surface area contributed by atoms with Gasteiger partial charge in [-0.2, -0.15) is 0 Å². The van der Waals surface area contributed by atoms with E-state index in [1.54, 1.807) is 0 Å². The third-order valence-electron chi connectivity index (χ3n) is 11.5. The number of carbonyl (C=O) groups excluding carboxylic acids is 2. The van der Waals surface area contributed by atoms with Gasteiger partial charge >= 0.3 is 11.9 Å². The van der Waals surface area contributed by atoms with Crippen molar-refractivity contribution in [2.75, 3.05) is 32.8 Å². The van der Waals surface area contributed by atoms with E-state index in [4.69, 9.17) is 9.47 Å². The summed E-state index contributed by atoms with van der Waals surface area (Å²) in [4.78, 5) is 28.5. The molecule has 0 aliphatic heterocycles. The van der Waals surface area contributed by atoms with Crippen LogP contribution in [0.1, 0.15) is 253 Å². The molecule has 0 aromatic rings. The Morgan fingerprint density at radius 1 is 0.358 bits per heavy atom. The quantitative estimate of drug-likeness (QED) is 0.0459. The van der Waals surface area contributed by atoms with E-state index in [1.165, 1.54) is 154 Å². The molecule has 0 N–H and O–H groups in total. The first-order chi connectivity index (χ1) is 26.0. The average molecular weight is 750 g/mol. The van der Waals surface area contributed by atoms with Gasteiger partial charge in [-0.1, -0.05) is 202 Å². The van der Waals surface area contributed by atoms with Crippen LogP contribution in [-0.2, 0) is 19.1 Å². The van der Waals surface area contributed by atoms with E-state index in [0.717, 1.165) is 83.8 Å². The molecule has 316 valence electrons. The lowest BCUT2D eigenvalue weighted by Crippen LogP contribution is -2.25. The third kappa shape index (κ3) is 35.1. The van der Waals surface area contributed by atoms with E-state index in [2.05, 4.69) is 39.5 Å². The standard InChI is InChI=1S/C48H95NO4/c1-6-11-15-19-23-31-39-45(37-29-21-17-13-8-3)47(50)52-43-35-27-25-33-41-49(10-5)42-34-26-28-36-44-53-48(51)46(38-30-22-18-14-9-4)40-32-24-20-16-12-7-2/h45-46H,6-44H2,1-5H3. The van der Waals surface area contributed by atoms with Crippen LogP contribution in [0.5, 0.6) is 0 Å². The van der Waals surface area contributed by atoms with Gasteiger partial charge in [-0.15, -0.1) is 0 Å². The fourth-order valence-electron chi connectivity index (χ4n) is 7.68. The highest BCUT2D eigenvalue weighted by molar-refractivity contribution is 5.72. The van der Waals surface area contributed by atoms with Crippen LogP contribution in [0.15, 0.2) is 0 Å². The molecule has 0 spiro atoms. The fraction of sp³-hybridized carbons (Fsp3) is 0.958. The lowest BCUT2D eigenvalue weighted by molar-refractivity contribution is -0.150. The summed E-state index contributed by atoms with van der Waals surface area (Å²) in [5, 5.41) is 0. The minimum atomic E-state index is 0.0743. The van der Waals surface area contributed by atoms with Crippen molar-refractivity contribution in [1.29, 1.82) is 0 Å². The Labute approximate surface area is 332 Å². The molecule has 0 fully saturated rings. The van der Waals surface area contributed by atoms with Crippen molar-refractivity contribution in [1.82, 2.24) is 4.90 Å². The topological polar surface area (TPSA) is 55.8 Å². The summed E-state index contributed by atoms with van der Waals surface area (Å²) in [6.07, 6.45) is 41.1. The first-order valence-electron chi connectivity index (χ1n) is 24.1. The molecular formula is C48H95NO4. The molecule has 0 heterocycles. The van der Waals surface area contributed by atoms with Crippen LogP contribution < -0.4 is 0 Å². The SMILES string of the molecule is CCCCCCCCC(CCCCCCC)C(=O)OCCCCCCN(CC)CCCCCCOC(=O)C(CCCCCCC)CCCCCCCC. The van der Waals surface area contributed by atoms with E-state index in [9.17, 15) is 9.59 Å². The van der Waals surface area contributed by atoms with Gasteiger partial charge in [0.15, 0.2) is 0 Å². The van der Waals surface area contributed by atoms with Gasteiger partial charge in [0, 0.05) is 0 Å². The Hall–Kier alpha value is -1.10. The van der Waals surface area contributed by atoms with Gasteiger partial charge < -0.3 is 14.4 Å². The number of esters is 2. The van der Waals surface area contributed by atoms with Gasteiger partial charge in [-0.05, 0) is 71.0 Å². The molecule has 0 aliphatic rings. The van der Waals surface area contributed by atoms with Gasteiger partial charge in [-0.25, -0.2) is 0 Å². The molecule has 0 rings (SSSR count). The minimum Gasteiger partial charge on any atom is -0.465 e. The molecule has 0 saturated carbocycles. The summed E-state index contributed by atoms with van der Waals surface area (Å²) in [7, 11) is 0.